The molecule has 0 fully saturated rings. The number of rotatable bonds is 8. The summed E-state index contributed by atoms with van der Waals surface area (Å²) in [5.74, 6) is 0.903. The van der Waals surface area contributed by atoms with Gasteiger partial charge in [-0.2, -0.15) is 10.4 Å². The van der Waals surface area contributed by atoms with Gasteiger partial charge in [-0.3, -0.25) is 9.78 Å². The van der Waals surface area contributed by atoms with Gasteiger partial charge in [0.05, 0.1) is 18.5 Å². The molecule has 29 heavy (non-hydrogen) atoms. The number of aromatic nitrogens is 2. The van der Waals surface area contributed by atoms with E-state index in [0.717, 1.165) is 23.1 Å². The Morgan fingerprint density at radius 1 is 1.24 bits per heavy atom. The lowest BCUT2D eigenvalue weighted by Gasteiger charge is -2.06. The van der Waals surface area contributed by atoms with E-state index < -0.39 is 5.56 Å². The highest BCUT2D eigenvalue weighted by Gasteiger charge is 2.12. The van der Waals surface area contributed by atoms with Crippen LogP contribution in [0.3, 0.4) is 0 Å². The van der Waals surface area contributed by atoms with Crippen molar-refractivity contribution >= 4 is 28.1 Å². The normalized spacial score (nSPS) is 10.6. The van der Waals surface area contributed by atoms with E-state index in [1.54, 1.807) is 18.3 Å². The SMILES string of the molecule is N#Cc1c(-c2ccccc2)nc(NN=Cc2cccc(OCCCBr)c2)[nH]c1=O. The Bertz CT molecular complexity index is 1090. The zero-order valence-electron chi connectivity index (χ0n) is 15.4. The van der Waals surface area contributed by atoms with E-state index in [0.29, 0.717) is 17.9 Å². The minimum absolute atomic E-state index is 0.0425. The predicted molar refractivity (Wildman–Crippen MR) is 117 cm³/mol. The summed E-state index contributed by atoms with van der Waals surface area (Å²) >= 11 is 3.37. The molecular weight excluding hydrogens is 434 g/mol. The molecule has 2 N–H and O–H groups in total. The lowest BCUT2D eigenvalue weighted by molar-refractivity contribution is 0.319. The summed E-state index contributed by atoms with van der Waals surface area (Å²) in [7, 11) is 0. The highest BCUT2D eigenvalue weighted by atomic mass is 79.9. The maximum Gasteiger partial charge on any atom is 0.270 e. The molecule has 0 bridgehead atoms. The van der Waals surface area contributed by atoms with Crippen LogP contribution in [0.1, 0.15) is 17.5 Å². The monoisotopic (exact) mass is 451 g/mol. The van der Waals surface area contributed by atoms with Crippen molar-refractivity contribution in [3.63, 3.8) is 0 Å². The number of hydrogen-bond acceptors (Lipinski definition) is 6. The molecular formula is C21H18BrN5O2. The number of hydrazone groups is 1. The largest absolute Gasteiger partial charge is 0.494 e. The standard InChI is InChI=1S/C21H18BrN5O2/c22-10-5-11-29-17-9-4-6-15(12-17)14-24-27-21-25-19(16-7-2-1-3-8-16)18(13-23)20(28)26-21/h1-4,6-9,12,14H,5,10-11H2,(H2,25,26,27,28). The molecule has 0 amide bonds. The van der Waals surface area contributed by atoms with Gasteiger partial charge in [-0.1, -0.05) is 58.4 Å². The van der Waals surface area contributed by atoms with Crippen molar-refractivity contribution in [3.8, 4) is 23.1 Å². The van der Waals surface area contributed by atoms with Gasteiger partial charge in [-0.05, 0) is 24.1 Å². The third-order valence-electron chi connectivity index (χ3n) is 3.87. The number of alkyl halides is 1. The van der Waals surface area contributed by atoms with Crippen LogP contribution in [-0.4, -0.2) is 28.1 Å². The first kappa shape index (κ1) is 20.3. The van der Waals surface area contributed by atoms with Crippen LogP contribution in [0.5, 0.6) is 5.75 Å². The molecule has 3 aromatic rings. The van der Waals surface area contributed by atoms with Crippen molar-refractivity contribution in [2.45, 2.75) is 6.42 Å². The molecule has 2 aromatic carbocycles. The van der Waals surface area contributed by atoms with Crippen LogP contribution in [0.25, 0.3) is 11.3 Å². The number of anilines is 1. The highest BCUT2D eigenvalue weighted by Crippen LogP contribution is 2.19. The third kappa shape index (κ3) is 5.53. The zero-order chi connectivity index (χ0) is 20.5. The van der Waals surface area contributed by atoms with E-state index in [2.05, 4.69) is 36.4 Å². The Balaban J connectivity index is 1.78. The second-order valence-corrected chi connectivity index (χ2v) is 6.74. The van der Waals surface area contributed by atoms with Crippen LogP contribution >= 0.6 is 15.9 Å². The summed E-state index contributed by atoms with van der Waals surface area (Å²) in [5.41, 5.74) is 3.95. The average Bonchev–Trinajstić information content (AvgIpc) is 2.74. The first-order valence-electron chi connectivity index (χ1n) is 8.89. The molecule has 3 rings (SSSR count). The minimum atomic E-state index is -0.527. The smallest absolute Gasteiger partial charge is 0.270 e. The lowest BCUT2D eigenvalue weighted by atomic mass is 10.1. The zero-order valence-corrected chi connectivity index (χ0v) is 17.0. The summed E-state index contributed by atoms with van der Waals surface area (Å²) in [5, 5.41) is 14.3. The Labute approximate surface area is 176 Å². The van der Waals surface area contributed by atoms with Crippen molar-refractivity contribution in [1.29, 1.82) is 5.26 Å². The highest BCUT2D eigenvalue weighted by molar-refractivity contribution is 9.09. The van der Waals surface area contributed by atoms with E-state index in [1.165, 1.54) is 0 Å². The van der Waals surface area contributed by atoms with E-state index in [9.17, 15) is 10.1 Å². The van der Waals surface area contributed by atoms with Gasteiger partial charge in [0, 0.05) is 10.9 Å². The minimum Gasteiger partial charge on any atom is -0.494 e. The Morgan fingerprint density at radius 2 is 2.07 bits per heavy atom. The molecule has 0 atom stereocenters. The van der Waals surface area contributed by atoms with Crippen molar-refractivity contribution in [3.05, 3.63) is 76.1 Å². The first-order valence-corrected chi connectivity index (χ1v) is 10.0. The Kier molecular flexibility index (Phi) is 7.14. The second kappa shape index (κ2) is 10.2. The molecule has 0 aliphatic heterocycles. The fourth-order valence-electron chi connectivity index (χ4n) is 2.53. The molecule has 0 saturated heterocycles. The van der Waals surface area contributed by atoms with Gasteiger partial charge >= 0.3 is 0 Å². The number of H-pyrrole nitrogens is 1. The van der Waals surface area contributed by atoms with E-state index in [-0.39, 0.29) is 11.5 Å². The molecule has 0 aliphatic rings. The topological polar surface area (TPSA) is 103 Å². The van der Waals surface area contributed by atoms with E-state index >= 15 is 0 Å². The van der Waals surface area contributed by atoms with Crippen LogP contribution in [-0.2, 0) is 0 Å². The van der Waals surface area contributed by atoms with Crippen molar-refractivity contribution in [2.75, 3.05) is 17.4 Å². The van der Waals surface area contributed by atoms with Crippen LogP contribution in [0.2, 0.25) is 0 Å². The molecule has 1 aromatic heterocycles. The summed E-state index contributed by atoms with van der Waals surface area (Å²) in [4.78, 5) is 19.1. The quantitative estimate of drug-likeness (QED) is 0.233. The van der Waals surface area contributed by atoms with Crippen molar-refractivity contribution in [1.82, 2.24) is 9.97 Å². The summed E-state index contributed by atoms with van der Waals surface area (Å²) in [6.45, 7) is 0.628. The number of halogens is 1. The molecule has 146 valence electrons. The molecule has 0 unspecified atom stereocenters. The summed E-state index contributed by atoms with van der Waals surface area (Å²) in [6, 6.07) is 18.5. The average molecular weight is 452 g/mol. The Hall–Kier alpha value is -3.44. The summed E-state index contributed by atoms with van der Waals surface area (Å²) in [6.07, 6.45) is 2.51. The molecule has 1 heterocycles. The second-order valence-electron chi connectivity index (χ2n) is 5.95. The van der Waals surface area contributed by atoms with E-state index in [4.69, 9.17) is 4.74 Å². The van der Waals surface area contributed by atoms with Crippen LogP contribution < -0.4 is 15.7 Å². The third-order valence-corrected chi connectivity index (χ3v) is 4.43. The maximum absolute atomic E-state index is 12.2. The first-order chi connectivity index (χ1) is 14.2. The predicted octanol–water partition coefficient (Wildman–Crippen LogP) is 3.92. The van der Waals surface area contributed by atoms with Gasteiger partial charge in [-0.25, -0.2) is 10.4 Å². The van der Waals surface area contributed by atoms with Gasteiger partial charge in [0.15, 0.2) is 0 Å². The Morgan fingerprint density at radius 3 is 2.83 bits per heavy atom. The summed E-state index contributed by atoms with van der Waals surface area (Å²) < 4.78 is 5.66. The number of hydrogen-bond donors (Lipinski definition) is 2. The molecule has 0 spiro atoms. The molecule has 7 nitrogen and oxygen atoms in total. The number of nitrogens with zero attached hydrogens (tertiary/aromatic N) is 3. The van der Waals surface area contributed by atoms with E-state index in [1.807, 2.05) is 48.5 Å². The van der Waals surface area contributed by atoms with Crippen molar-refractivity contribution < 1.29 is 4.74 Å². The van der Waals surface area contributed by atoms with Gasteiger partial charge in [0.25, 0.3) is 5.56 Å². The molecule has 0 aliphatic carbocycles. The number of aromatic amines is 1. The fourth-order valence-corrected chi connectivity index (χ4v) is 2.76. The molecule has 0 radical (unpaired) electrons. The number of nitriles is 1. The number of nitrogens with one attached hydrogen (secondary N) is 2. The van der Waals surface area contributed by atoms with Crippen LogP contribution in [0, 0.1) is 11.3 Å². The van der Waals surface area contributed by atoms with Gasteiger partial charge < -0.3 is 4.74 Å². The fraction of sp³-hybridized carbons (Fsp3) is 0.143. The van der Waals surface area contributed by atoms with Gasteiger partial charge in [0.2, 0.25) is 5.95 Å². The van der Waals surface area contributed by atoms with Crippen molar-refractivity contribution in [2.24, 2.45) is 5.10 Å². The lowest BCUT2D eigenvalue weighted by Crippen LogP contribution is -2.16. The van der Waals surface area contributed by atoms with Crippen LogP contribution in [0.4, 0.5) is 5.95 Å². The molecule has 8 heteroatoms. The molecule has 0 saturated carbocycles. The number of ether oxygens (including phenoxy) is 1. The number of benzene rings is 2. The van der Waals surface area contributed by atoms with Crippen LogP contribution in [0.15, 0.2) is 64.5 Å². The van der Waals surface area contributed by atoms with Gasteiger partial charge in [-0.15, -0.1) is 0 Å². The maximum atomic E-state index is 12.2. The van der Waals surface area contributed by atoms with Gasteiger partial charge in [0.1, 0.15) is 17.4 Å².